The predicted molar refractivity (Wildman–Crippen MR) is 55.3 cm³/mol. The Morgan fingerprint density at radius 2 is 2.29 bits per heavy atom. The number of aliphatic hydroxyl groups excluding tert-OH is 1. The summed E-state index contributed by atoms with van der Waals surface area (Å²) in [5, 5.41) is 9.73. The SMILES string of the molecule is CCCCC(O)c1ccc(OC)nc1. The van der Waals surface area contributed by atoms with E-state index in [1.807, 2.05) is 6.07 Å². The van der Waals surface area contributed by atoms with E-state index in [9.17, 15) is 5.11 Å². The molecule has 1 aromatic rings. The van der Waals surface area contributed by atoms with Crippen LogP contribution in [-0.4, -0.2) is 17.2 Å². The minimum atomic E-state index is -0.395. The van der Waals surface area contributed by atoms with Crippen molar-refractivity contribution in [3.05, 3.63) is 23.9 Å². The molecule has 3 nitrogen and oxygen atoms in total. The maximum atomic E-state index is 9.73. The largest absolute Gasteiger partial charge is 0.481 e. The van der Waals surface area contributed by atoms with E-state index in [-0.39, 0.29) is 0 Å². The highest BCUT2D eigenvalue weighted by molar-refractivity contribution is 5.19. The van der Waals surface area contributed by atoms with Crippen LogP contribution in [0.25, 0.3) is 0 Å². The standard InChI is InChI=1S/C11H17NO2/c1-3-4-5-10(13)9-6-7-11(14-2)12-8-9/h6-8,10,13H,3-5H2,1-2H3. The second-order valence-corrected chi connectivity index (χ2v) is 3.29. The first-order valence-electron chi connectivity index (χ1n) is 4.96. The van der Waals surface area contributed by atoms with Crippen molar-refractivity contribution >= 4 is 0 Å². The van der Waals surface area contributed by atoms with Crippen LogP contribution < -0.4 is 4.74 Å². The van der Waals surface area contributed by atoms with Crippen LogP contribution in [0.4, 0.5) is 0 Å². The molecule has 0 bridgehead atoms. The summed E-state index contributed by atoms with van der Waals surface area (Å²) >= 11 is 0. The van der Waals surface area contributed by atoms with Crippen molar-refractivity contribution in [3.63, 3.8) is 0 Å². The molecule has 1 aromatic heterocycles. The molecule has 1 rings (SSSR count). The third-order valence-electron chi connectivity index (χ3n) is 2.18. The molecule has 1 heterocycles. The third-order valence-corrected chi connectivity index (χ3v) is 2.18. The van der Waals surface area contributed by atoms with Gasteiger partial charge in [-0.1, -0.05) is 19.8 Å². The van der Waals surface area contributed by atoms with Gasteiger partial charge in [0.2, 0.25) is 5.88 Å². The number of methoxy groups -OCH3 is 1. The lowest BCUT2D eigenvalue weighted by Crippen LogP contribution is -1.98. The predicted octanol–water partition coefficient (Wildman–Crippen LogP) is 2.31. The van der Waals surface area contributed by atoms with E-state index >= 15 is 0 Å². The number of aliphatic hydroxyl groups is 1. The Balaban J connectivity index is 2.57. The summed E-state index contributed by atoms with van der Waals surface area (Å²) < 4.78 is 4.94. The Morgan fingerprint density at radius 1 is 1.50 bits per heavy atom. The summed E-state index contributed by atoms with van der Waals surface area (Å²) in [7, 11) is 1.58. The van der Waals surface area contributed by atoms with Gasteiger partial charge in [-0.05, 0) is 18.1 Å². The van der Waals surface area contributed by atoms with Gasteiger partial charge in [-0.3, -0.25) is 0 Å². The van der Waals surface area contributed by atoms with E-state index in [4.69, 9.17) is 4.74 Å². The maximum absolute atomic E-state index is 9.73. The van der Waals surface area contributed by atoms with Gasteiger partial charge in [0, 0.05) is 12.3 Å². The molecule has 0 radical (unpaired) electrons. The number of ether oxygens (including phenoxy) is 1. The van der Waals surface area contributed by atoms with Crippen molar-refractivity contribution in [2.24, 2.45) is 0 Å². The average Bonchev–Trinajstić information content (AvgIpc) is 2.26. The Morgan fingerprint density at radius 3 is 2.79 bits per heavy atom. The van der Waals surface area contributed by atoms with Crippen LogP contribution in [0.1, 0.15) is 37.9 Å². The zero-order valence-electron chi connectivity index (χ0n) is 8.73. The average molecular weight is 195 g/mol. The number of hydrogen-bond donors (Lipinski definition) is 1. The smallest absolute Gasteiger partial charge is 0.212 e. The van der Waals surface area contributed by atoms with Crippen LogP contribution in [-0.2, 0) is 0 Å². The van der Waals surface area contributed by atoms with Crippen molar-refractivity contribution in [1.29, 1.82) is 0 Å². The van der Waals surface area contributed by atoms with Gasteiger partial charge in [-0.25, -0.2) is 4.98 Å². The summed E-state index contributed by atoms with van der Waals surface area (Å²) in [6.07, 6.45) is 4.20. The fraction of sp³-hybridized carbons (Fsp3) is 0.545. The summed E-state index contributed by atoms with van der Waals surface area (Å²) in [5.41, 5.74) is 0.860. The van der Waals surface area contributed by atoms with Crippen molar-refractivity contribution in [3.8, 4) is 5.88 Å². The second-order valence-electron chi connectivity index (χ2n) is 3.29. The van der Waals surface area contributed by atoms with Crippen LogP contribution in [0.5, 0.6) is 5.88 Å². The zero-order chi connectivity index (χ0) is 10.4. The molecule has 0 aromatic carbocycles. The van der Waals surface area contributed by atoms with Gasteiger partial charge in [-0.2, -0.15) is 0 Å². The highest BCUT2D eigenvalue weighted by atomic mass is 16.5. The van der Waals surface area contributed by atoms with Gasteiger partial charge in [0.05, 0.1) is 13.2 Å². The van der Waals surface area contributed by atoms with E-state index in [0.717, 1.165) is 24.8 Å². The van der Waals surface area contributed by atoms with E-state index in [1.54, 1.807) is 19.4 Å². The molecule has 0 saturated carbocycles. The lowest BCUT2D eigenvalue weighted by molar-refractivity contribution is 0.163. The number of unbranched alkanes of at least 4 members (excludes halogenated alkanes) is 1. The lowest BCUT2D eigenvalue weighted by atomic mass is 10.1. The highest BCUT2D eigenvalue weighted by Crippen LogP contribution is 2.19. The van der Waals surface area contributed by atoms with Crippen LogP contribution in [0.15, 0.2) is 18.3 Å². The van der Waals surface area contributed by atoms with Gasteiger partial charge >= 0.3 is 0 Å². The van der Waals surface area contributed by atoms with Gasteiger partial charge in [0.15, 0.2) is 0 Å². The molecule has 0 aliphatic carbocycles. The topological polar surface area (TPSA) is 42.4 Å². The summed E-state index contributed by atoms with van der Waals surface area (Å²) in [6.45, 7) is 2.11. The number of aromatic nitrogens is 1. The number of pyridine rings is 1. The number of nitrogens with zero attached hydrogens (tertiary/aromatic N) is 1. The normalized spacial score (nSPS) is 12.5. The van der Waals surface area contributed by atoms with Crippen molar-refractivity contribution in [1.82, 2.24) is 4.98 Å². The Hall–Kier alpha value is -1.09. The van der Waals surface area contributed by atoms with Crippen LogP contribution in [0.3, 0.4) is 0 Å². The third kappa shape index (κ3) is 3.00. The van der Waals surface area contributed by atoms with Gasteiger partial charge < -0.3 is 9.84 Å². The molecule has 0 aliphatic rings. The fourth-order valence-corrected chi connectivity index (χ4v) is 1.27. The summed E-state index contributed by atoms with van der Waals surface area (Å²) in [6, 6.07) is 3.62. The van der Waals surface area contributed by atoms with Crippen molar-refractivity contribution in [2.45, 2.75) is 32.3 Å². The molecule has 1 unspecified atom stereocenters. The highest BCUT2D eigenvalue weighted by Gasteiger charge is 2.06. The molecule has 1 N–H and O–H groups in total. The molecule has 0 fully saturated rings. The first-order valence-corrected chi connectivity index (χ1v) is 4.96. The zero-order valence-corrected chi connectivity index (χ0v) is 8.73. The molecule has 0 saturated heterocycles. The van der Waals surface area contributed by atoms with E-state index < -0.39 is 6.10 Å². The van der Waals surface area contributed by atoms with E-state index in [1.165, 1.54) is 0 Å². The van der Waals surface area contributed by atoms with Crippen LogP contribution in [0, 0.1) is 0 Å². The van der Waals surface area contributed by atoms with Crippen molar-refractivity contribution in [2.75, 3.05) is 7.11 Å². The first-order chi connectivity index (χ1) is 6.77. The summed E-state index contributed by atoms with van der Waals surface area (Å²) in [5.74, 6) is 0.580. The molecule has 78 valence electrons. The van der Waals surface area contributed by atoms with Crippen molar-refractivity contribution < 1.29 is 9.84 Å². The fourth-order valence-electron chi connectivity index (χ4n) is 1.27. The monoisotopic (exact) mass is 195 g/mol. The molecule has 14 heavy (non-hydrogen) atoms. The number of rotatable bonds is 5. The molecule has 0 amide bonds. The Labute approximate surface area is 84.7 Å². The van der Waals surface area contributed by atoms with Crippen LogP contribution in [0.2, 0.25) is 0 Å². The van der Waals surface area contributed by atoms with E-state index in [0.29, 0.717) is 5.88 Å². The minimum Gasteiger partial charge on any atom is -0.481 e. The molecule has 0 aliphatic heterocycles. The number of hydrogen-bond acceptors (Lipinski definition) is 3. The lowest BCUT2D eigenvalue weighted by Gasteiger charge is -2.09. The first kappa shape index (κ1) is 11.0. The van der Waals surface area contributed by atoms with Gasteiger partial charge in [0.25, 0.3) is 0 Å². The second kappa shape index (κ2) is 5.60. The quantitative estimate of drug-likeness (QED) is 0.784. The molecular formula is C11H17NO2. The van der Waals surface area contributed by atoms with Crippen LogP contribution >= 0.6 is 0 Å². The Kier molecular flexibility index (Phi) is 4.40. The van der Waals surface area contributed by atoms with Gasteiger partial charge in [0.1, 0.15) is 0 Å². The maximum Gasteiger partial charge on any atom is 0.212 e. The summed E-state index contributed by atoms with van der Waals surface area (Å²) in [4.78, 5) is 4.04. The van der Waals surface area contributed by atoms with Gasteiger partial charge in [-0.15, -0.1) is 0 Å². The molecule has 3 heteroatoms. The Bertz CT molecular complexity index is 258. The van der Waals surface area contributed by atoms with E-state index in [2.05, 4.69) is 11.9 Å². The minimum absolute atomic E-state index is 0.395. The molecule has 1 atom stereocenters. The molecular weight excluding hydrogens is 178 g/mol. The molecule has 0 spiro atoms.